The number of carbonyl (C=O) groups is 2. The lowest BCUT2D eigenvalue weighted by molar-refractivity contribution is -0.163. The van der Waals surface area contributed by atoms with Crippen molar-refractivity contribution in [2.45, 2.75) is 6.42 Å². The van der Waals surface area contributed by atoms with Gasteiger partial charge in [-0.2, -0.15) is 0 Å². The highest BCUT2D eigenvalue weighted by Gasteiger charge is 2.05. The zero-order valence-corrected chi connectivity index (χ0v) is 12.0. The molecule has 0 fully saturated rings. The first-order chi connectivity index (χ1) is 10.7. The van der Waals surface area contributed by atoms with E-state index in [1.807, 2.05) is 60.7 Å². The van der Waals surface area contributed by atoms with Gasteiger partial charge in [-0.25, -0.2) is 4.79 Å². The van der Waals surface area contributed by atoms with Gasteiger partial charge in [-0.15, -0.1) is 0 Å². The number of ether oxygens (including phenoxy) is 2. The Morgan fingerprint density at radius 1 is 0.864 bits per heavy atom. The van der Waals surface area contributed by atoms with Crippen molar-refractivity contribution in [1.29, 1.82) is 0 Å². The molecule has 0 saturated heterocycles. The van der Waals surface area contributed by atoms with Gasteiger partial charge < -0.3 is 9.47 Å². The first kappa shape index (κ1) is 15.5. The van der Waals surface area contributed by atoms with E-state index in [1.165, 1.54) is 6.08 Å². The molecular formula is C18H16O4. The molecule has 0 unspecified atom stereocenters. The normalized spacial score (nSPS) is 10.4. The van der Waals surface area contributed by atoms with Crippen LogP contribution in [0.3, 0.4) is 0 Å². The highest BCUT2D eigenvalue weighted by Crippen LogP contribution is 2.02. The molecule has 2 aromatic carbocycles. The van der Waals surface area contributed by atoms with E-state index in [-0.39, 0.29) is 13.2 Å². The maximum Gasteiger partial charge on any atom is 0.333 e. The highest BCUT2D eigenvalue weighted by molar-refractivity contribution is 5.87. The lowest BCUT2D eigenvalue weighted by atomic mass is 10.2. The molecule has 4 nitrogen and oxygen atoms in total. The third-order valence-electron chi connectivity index (χ3n) is 2.82. The second-order valence-corrected chi connectivity index (χ2v) is 4.50. The number of hydrogen-bond donors (Lipinski definition) is 0. The zero-order chi connectivity index (χ0) is 15.6. The van der Waals surface area contributed by atoms with E-state index >= 15 is 0 Å². The SMILES string of the molecule is O=C(C=Cc1ccccc1)OCOC(=O)Cc1ccccc1. The van der Waals surface area contributed by atoms with Crippen LogP contribution in [-0.4, -0.2) is 18.7 Å². The fourth-order valence-corrected chi connectivity index (χ4v) is 1.74. The zero-order valence-electron chi connectivity index (χ0n) is 12.0. The Morgan fingerprint density at radius 3 is 2.18 bits per heavy atom. The van der Waals surface area contributed by atoms with E-state index in [9.17, 15) is 9.59 Å². The summed E-state index contributed by atoms with van der Waals surface area (Å²) in [5, 5.41) is 0. The van der Waals surface area contributed by atoms with Crippen LogP contribution in [-0.2, 0) is 25.5 Å². The summed E-state index contributed by atoms with van der Waals surface area (Å²) in [5.41, 5.74) is 1.74. The van der Waals surface area contributed by atoms with Crippen molar-refractivity contribution in [3.05, 3.63) is 77.9 Å². The van der Waals surface area contributed by atoms with E-state index < -0.39 is 11.9 Å². The first-order valence-electron chi connectivity index (χ1n) is 6.83. The molecule has 0 atom stereocenters. The summed E-state index contributed by atoms with van der Waals surface area (Å²) in [6.07, 6.45) is 3.08. The molecule has 0 aromatic heterocycles. The van der Waals surface area contributed by atoms with Gasteiger partial charge in [0.2, 0.25) is 6.79 Å². The van der Waals surface area contributed by atoms with Crippen molar-refractivity contribution in [1.82, 2.24) is 0 Å². The summed E-state index contributed by atoms with van der Waals surface area (Å²) in [6.45, 7) is -0.385. The highest BCUT2D eigenvalue weighted by atomic mass is 16.7. The molecule has 0 aliphatic heterocycles. The molecule has 0 aliphatic carbocycles. The topological polar surface area (TPSA) is 52.6 Å². The van der Waals surface area contributed by atoms with Crippen LogP contribution in [0.5, 0.6) is 0 Å². The molecule has 2 rings (SSSR count). The molecule has 4 heteroatoms. The van der Waals surface area contributed by atoms with E-state index in [4.69, 9.17) is 9.47 Å². The molecule has 22 heavy (non-hydrogen) atoms. The van der Waals surface area contributed by atoms with Crippen LogP contribution < -0.4 is 0 Å². The lowest BCUT2D eigenvalue weighted by Crippen LogP contribution is -2.13. The minimum Gasteiger partial charge on any atom is -0.428 e. The van der Waals surface area contributed by atoms with E-state index in [0.717, 1.165) is 11.1 Å². The first-order valence-corrected chi connectivity index (χ1v) is 6.83. The maximum absolute atomic E-state index is 11.5. The van der Waals surface area contributed by atoms with Gasteiger partial charge in [0.1, 0.15) is 0 Å². The average Bonchev–Trinajstić information content (AvgIpc) is 2.55. The molecule has 0 radical (unpaired) electrons. The summed E-state index contributed by atoms with van der Waals surface area (Å²) < 4.78 is 9.66. The molecule has 0 spiro atoms. The van der Waals surface area contributed by atoms with Crippen LogP contribution in [0.4, 0.5) is 0 Å². The maximum atomic E-state index is 11.5. The average molecular weight is 296 g/mol. The Bertz CT molecular complexity index is 633. The molecule has 0 saturated carbocycles. The van der Waals surface area contributed by atoms with Gasteiger partial charge in [0.05, 0.1) is 6.42 Å². The second-order valence-electron chi connectivity index (χ2n) is 4.50. The van der Waals surface area contributed by atoms with Crippen molar-refractivity contribution in [3.63, 3.8) is 0 Å². The summed E-state index contributed by atoms with van der Waals surface area (Å²) in [6, 6.07) is 18.6. The number of carbonyl (C=O) groups excluding carboxylic acids is 2. The van der Waals surface area contributed by atoms with Gasteiger partial charge in [0.25, 0.3) is 0 Å². The summed E-state index contributed by atoms with van der Waals surface area (Å²) in [5.74, 6) is -0.998. The largest absolute Gasteiger partial charge is 0.428 e. The van der Waals surface area contributed by atoms with Crippen LogP contribution in [0.15, 0.2) is 66.7 Å². The van der Waals surface area contributed by atoms with E-state index in [2.05, 4.69) is 0 Å². The number of esters is 2. The van der Waals surface area contributed by atoms with Gasteiger partial charge in [0.15, 0.2) is 0 Å². The third kappa shape index (κ3) is 5.63. The van der Waals surface area contributed by atoms with Crippen molar-refractivity contribution in [2.75, 3.05) is 6.79 Å². The standard InChI is InChI=1S/C18H16O4/c19-17(12-11-15-7-3-1-4-8-15)21-14-22-18(20)13-16-9-5-2-6-10-16/h1-12H,13-14H2. The second kappa shape index (κ2) is 8.42. The van der Waals surface area contributed by atoms with Crippen LogP contribution in [0.25, 0.3) is 6.08 Å². The molecular weight excluding hydrogens is 280 g/mol. The summed E-state index contributed by atoms with van der Waals surface area (Å²) in [7, 11) is 0. The molecule has 112 valence electrons. The lowest BCUT2D eigenvalue weighted by Gasteiger charge is -2.04. The van der Waals surface area contributed by atoms with Crippen molar-refractivity contribution in [3.8, 4) is 0 Å². The molecule has 2 aromatic rings. The van der Waals surface area contributed by atoms with Crippen LogP contribution in [0, 0.1) is 0 Å². The third-order valence-corrected chi connectivity index (χ3v) is 2.82. The fourth-order valence-electron chi connectivity index (χ4n) is 1.74. The molecule has 0 heterocycles. The van der Waals surface area contributed by atoms with E-state index in [1.54, 1.807) is 6.08 Å². The van der Waals surface area contributed by atoms with Gasteiger partial charge in [-0.05, 0) is 17.2 Å². The number of benzene rings is 2. The monoisotopic (exact) mass is 296 g/mol. The Morgan fingerprint density at radius 2 is 1.50 bits per heavy atom. The predicted molar refractivity (Wildman–Crippen MR) is 82.7 cm³/mol. The summed E-state index contributed by atoms with van der Waals surface area (Å²) >= 11 is 0. The van der Waals surface area contributed by atoms with Crippen molar-refractivity contribution >= 4 is 18.0 Å². The molecule has 0 N–H and O–H groups in total. The van der Waals surface area contributed by atoms with Crippen LogP contribution in [0.1, 0.15) is 11.1 Å². The quantitative estimate of drug-likeness (QED) is 0.467. The van der Waals surface area contributed by atoms with Crippen LogP contribution in [0.2, 0.25) is 0 Å². The minimum atomic E-state index is -0.559. The number of hydrogen-bond acceptors (Lipinski definition) is 4. The van der Waals surface area contributed by atoms with Gasteiger partial charge >= 0.3 is 11.9 Å². The van der Waals surface area contributed by atoms with E-state index in [0.29, 0.717) is 0 Å². The van der Waals surface area contributed by atoms with Gasteiger partial charge in [-0.1, -0.05) is 60.7 Å². The van der Waals surface area contributed by atoms with Crippen molar-refractivity contribution < 1.29 is 19.1 Å². The van der Waals surface area contributed by atoms with Gasteiger partial charge in [-0.3, -0.25) is 4.79 Å². The Balaban J connectivity index is 1.68. The Labute approximate surface area is 129 Å². The number of rotatable bonds is 6. The summed E-state index contributed by atoms with van der Waals surface area (Å²) in [4.78, 5) is 23.0. The smallest absolute Gasteiger partial charge is 0.333 e. The predicted octanol–water partition coefficient (Wildman–Crippen LogP) is 2.99. The fraction of sp³-hybridized carbons (Fsp3) is 0.111. The molecule has 0 bridgehead atoms. The Hall–Kier alpha value is -2.88. The minimum absolute atomic E-state index is 0.151. The molecule has 0 aliphatic rings. The van der Waals surface area contributed by atoms with Crippen LogP contribution >= 0.6 is 0 Å². The molecule has 0 amide bonds. The van der Waals surface area contributed by atoms with Crippen molar-refractivity contribution in [2.24, 2.45) is 0 Å². The van der Waals surface area contributed by atoms with Gasteiger partial charge in [0, 0.05) is 6.08 Å². The Kier molecular flexibility index (Phi) is 5.93.